The number of ether oxygens (including phenoxy) is 1. The van der Waals surface area contributed by atoms with Crippen LogP contribution in [-0.2, 0) is 4.74 Å². The Hall–Kier alpha value is -0.453. The molecule has 4 heteroatoms. The van der Waals surface area contributed by atoms with Gasteiger partial charge < -0.3 is 10.5 Å². The highest BCUT2D eigenvalue weighted by Crippen LogP contribution is 2.42. The van der Waals surface area contributed by atoms with Crippen LogP contribution < -0.4 is 5.73 Å². The van der Waals surface area contributed by atoms with E-state index in [0.717, 1.165) is 16.6 Å². The Morgan fingerprint density at radius 2 is 1.52 bits per heavy atom. The first-order valence-electron chi connectivity index (χ1n) is 7.85. The summed E-state index contributed by atoms with van der Waals surface area (Å²) in [6.45, 7) is 14.2. The van der Waals surface area contributed by atoms with Crippen molar-refractivity contribution in [2.24, 2.45) is 5.73 Å². The van der Waals surface area contributed by atoms with Crippen molar-refractivity contribution in [2.45, 2.75) is 70.7 Å². The molecule has 0 unspecified atom stereocenters. The normalized spacial score (nSPS) is 15.0. The third kappa shape index (κ3) is 6.05. The summed E-state index contributed by atoms with van der Waals surface area (Å²) >= 11 is 4.93. The largest absolute Gasteiger partial charge is 0.393 e. The lowest BCUT2D eigenvalue weighted by Gasteiger charge is -2.40. The predicted octanol–water partition coefficient (Wildman–Crippen LogP) is 5.01. The van der Waals surface area contributed by atoms with Crippen molar-refractivity contribution in [3.63, 3.8) is 0 Å². The number of hydrogen-bond acceptors (Lipinski definition) is 2. The summed E-state index contributed by atoms with van der Waals surface area (Å²) < 4.78 is 5.36. The van der Waals surface area contributed by atoms with E-state index in [1.54, 1.807) is 7.11 Å². The maximum absolute atomic E-state index is 5.57. The van der Waals surface area contributed by atoms with Crippen LogP contribution in [0.25, 0.3) is 0 Å². The molecule has 0 aliphatic carbocycles. The van der Waals surface area contributed by atoms with Crippen LogP contribution in [0.1, 0.15) is 48.0 Å². The lowest BCUT2D eigenvalue weighted by Crippen LogP contribution is -2.42. The molecule has 0 aliphatic rings. The molecule has 1 atom stereocenters. The maximum atomic E-state index is 5.57. The summed E-state index contributed by atoms with van der Waals surface area (Å²) in [5.74, 6) is 0. The third-order valence-electron chi connectivity index (χ3n) is 4.53. The van der Waals surface area contributed by atoms with Crippen molar-refractivity contribution in [3.05, 3.63) is 23.9 Å². The number of methoxy groups -OCH3 is 1. The summed E-state index contributed by atoms with van der Waals surface area (Å²) in [7, 11) is 0.222. The molecule has 0 saturated carbocycles. The fraction of sp³-hybridized carbons (Fsp3) is 0.706. The second kappa shape index (κ2) is 9.54. The molecule has 0 rings (SSSR count). The highest BCUT2D eigenvalue weighted by molar-refractivity contribution is 7.80. The SMILES string of the molecule is CO[C@@H](/C=C/C=C\[Si](C(C)C)(C(C)C)C(C)C)CC(N)=S. The van der Waals surface area contributed by atoms with E-state index in [1.165, 1.54) is 0 Å². The van der Waals surface area contributed by atoms with E-state index in [9.17, 15) is 0 Å². The predicted molar refractivity (Wildman–Crippen MR) is 102 cm³/mol. The molecule has 0 aromatic rings. The molecule has 0 aromatic carbocycles. The smallest absolute Gasteiger partial charge is 0.0853 e. The zero-order chi connectivity index (χ0) is 16.6. The van der Waals surface area contributed by atoms with Gasteiger partial charge in [0.25, 0.3) is 0 Å². The van der Waals surface area contributed by atoms with E-state index in [1.807, 2.05) is 6.08 Å². The Labute approximate surface area is 137 Å². The van der Waals surface area contributed by atoms with Crippen LogP contribution in [0.3, 0.4) is 0 Å². The topological polar surface area (TPSA) is 35.2 Å². The minimum Gasteiger partial charge on any atom is -0.393 e. The lowest BCUT2D eigenvalue weighted by atomic mass is 10.2. The van der Waals surface area contributed by atoms with Gasteiger partial charge in [-0.3, -0.25) is 0 Å². The molecular formula is C17H33NOSSi. The molecule has 21 heavy (non-hydrogen) atoms. The molecule has 0 aromatic heterocycles. The molecule has 2 N–H and O–H groups in total. The Morgan fingerprint density at radius 1 is 1.05 bits per heavy atom. The van der Waals surface area contributed by atoms with Gasteiger partial charge in [0.15, 0.2) is 0 Å². The number of allylic oxidation sites excluding steroid dienone is 2. The second-order valence-electron chi connectivity index (χ2n) is 6.65. The molecule has 0 amide bonds. The van der Waals surface area contributed by atoms with E-state index in [-0.39, 0.29) is 6.10 Å². The first-order valence-corrected chi connectivity index (χ1v) is 10.6. The summed E-state index contributed by atoms with van der Waals surface area (Å²) in [5.41, 5.74) is 10.3. The van der Waals surface area contributed by atoms with Crippen LogP contribution in [-0.4, -0.2) is 26.3 Å². The fourth-order valence-electron chi connectivity index (χ4n) is 3.42. The first-order chi connectivity index (χ1) is 9.68. The van der Waals surface area contributed by atoms with Gasteiger partial charge in [0.1, 0.15) is 0 Å². The quantitative estimate of drug-likeness (QED) is 0.367. The van der Waals surface area contributed by atoms with Crippen molar-refractivity contribution < 1.29 is 4.74 Å². The van der Waals surface area contributed by atoms with Gasteiger partial charge >= 0.3 is 0 Å². The average molecular weight is 328 g/mol. The number of nitrogens with two attached hydrogens (primary N) is 1. The fourth-order valence-corrected chi connectivity index (χ4v) is 9.18. The standard InChI is InChI=1S/C17H33NOSSi/c1-13(2)21(14(3)4,15(5)6)11-9-8-10-16(19-7)12-17(18)20/h8-11,13-16H,12H2,1-7H3,(H2,18,20)/b10-8+,11-9-/t16-/m0/s1. The molecular weight excluding hydrogens is 294 g/mol. The van der Waals surface area contributed by atoms with Gasteiger partial charge in [-0.15, -0.1) is 0 Å². The number of rotatable bonds is 9. The van der Waals surface area contributed by atoms with Crippen molar-refractivity contribution in [2.75, 3.05) is 7.11 Å². The molecule has 2 nitrogen and oxygen atoms in total. The molecule has 0 radical (unpaired) electrons. The molecule has 122 valence electrons. The summed E-state index contributed by atoms with van der Waals surface area (Å²) in [4.78, 5) is 0.491. The van der Waals surface area contributed by atoms with Crippen LogP contribution in [0.2, 0.25) is 16.6 Å². The van der Waals surface area contributed by atoms with Gasteiger partial charge in [0.2, 0.25) is 0 Å². The van der Waals surface area contributed by atoms with Crippen LogP contribution in [0, 0.1) is 0 Å². The minimum atomic E-state index is -1.46. The summed E-state index contributed by atoms with van der Waals surface area (Å²) in [6, 6.07) is 0. The Morgan fingerprint density at radius 3 is 1.86 bits per heavy atom. The first kappa shape index (κ1) is 20.5. The molecule has 0 aliphatic heterocycles. The zero-order valence-electron chi connectivity index (χ0n) is 14.7. The van der Waals surface area contributed by atoms with Crippen molar-refractivity contribution in [1.29, 1.82) is 0 Å². The maximum Gasteiger partial charge on any atom is 0.0853 e. The van der Waals surface area contributed by atoms with Gasteiger partial charge in [0, 0.05) is 13.5 Å². The van der Waals surface area contributed by atoms with Crippen molar-refractivity contribution in [3.8, 4) is 0 Å². The van der Waals surface area contributed by atoms with E-state index < -0.39 is 8.07 Å². The van der Waals surface area contributed by atoms with Gasteiger partial charge in [0.05, 0.1) is 19.2 Å². The Bertz CT molecular complexity index is 353. The van der Waals surface area contributed by atoms with E-state index in [4.69, 9.17) is 22.7 Å². The molecule has 0 spiro atoms. The van der Waals surface area contributed by atoms with Crippen LogP contribution >= 0.6 is 12.2 Å². The Kier molecular flexibility index (Phi) is 9.34. The third-order valence-corrected chi connectivity index (χ3v) is 11.5. The monoisotopic (exact) mass is 327 g/mol. The van der Waals surface area contributed by atoms with Crippen molar-refractivity contribution in [1.82, 2.24) is 0 Å². The average Bonchev–Trinajstić information content (AvgIpc) is 2.35. The summed E-state index contributed by atoms with van der Waals surface area (Å²) in [6.07, 6.45) is 6.90. The second-order valence-corrected chi connectivity index (χ2v) is 13.0. The van der Waals surface area contributed by atoms with Gasteiger partial charge in [-0.25, -0.2) is 0 Å². The van der Waals surface area contributed by atoms with Gasteiger partial charge in [-0.05, 0) is 16.6 Å². The van der Waals surface area contributed by atoms with Gasteiger partial charge in [-0.2, -0.15) is 0 Å². The Balaban J connectivity index is 5.06. The van der Waals surface area contributed by atoms with Crippen LogP contribution in [0.15, 0.2) is 23.9 Å². The summed E-state index contributed by atoms with van der Waals surface area (Å²) in [5, 5.41) is 0. The highest BCUT2D eigenvalue weighted by atomic mass is 32.1. The van der Waals surface area contributed by atoms with Gasteiger partial charge in [-0.1, -0.05) is 77.7 Å². The van der Waals surface area contributed by atoms with E-state index >= 15 is 0 Å². The van der Waals surface area contributed by atoms with Crippen LogP contribution in [0.5, 0.6) is 0 Å². The van der Waals surface area contributed by atoms with Crippen LogP contribution in [0.4, 0.5) is 0 Å². The minimum absolute atomic E-state index is 0.0274. The molecule has 0 bridgehead atoms. The number of thiocarbonyl (C=S) groups is 1. The lowest BCUT2D eigenvalue weighted by molar-refractivity contribution is 0.147. The molecule has 0 heterocycles. The number of hydrogen-bond donors (Lipinski definition) is 1. The van der Waals surface area contributed by atoms with E-state index in [0.29, 0.717) is 11.4 Å². The highest BCUT2D eigenvalue weighted by Gasteiger charge is 2.39. The van der Waals surface area contributed by atoms with Crippen molar-refractivity contribution >= 4 is 25.3 Å². The molecule has 0 saturated heterocycles. The molecule has 0 fully saturated rings. The van der Waals surface area contributed by atoms with E-state index in [2.05, 4.69) is 59.4 Å². The zero-order valence-corrected chi connectivity index (χ0v) is 16.5.